The first-order valence-corrected chi connectivity index (χ1v) is 6.05. The highest BCUT2D eigenvalue weighted by atomic mass is 16.2. The van der Waals surface area contributed by atoms with E-state index in [4.69, 9.17) is 0 Å². The summed E-state index contributed by atoms with van der Waals surface area (Å²) in [5.41, 5.74) is 3.57. The van der Waals surface area contributed by atoms with Crippen molar-refractivity contribution >= 4 is 23.1 Å². The Morgan fingerprint density at radius 2 is 2.11 bits per heavy atom. The van der Waals surface area contributed by atoms with Gasteiger partial charge in [-0.2, -0.15) is 0 Å². The zero-order valence-electron chi connectivity index (χ0n) is 10.2. The van der Waals surface area contributed by atoms with Crippen LogP contribution < -0.4 is 10.2 Å². The lowest BCUT2D eigenvalue weighted by Crippen LogP contribution is -2.28. The number of Topliss-reactive ketones (excluding diaryl/α,β-unsaturated/α-hetero) is 1. The van der Waals surface area contributed by atoms with Crippen molar-refractivity contribution in [2.45, 2.75) is 13.3 Å². The number of rotatable bonds is 1. The van der Waals surface area contributed by atoms with Crippen LogP contribution in [-0.2, 0) is 4.79 Å². The summed E-state index contributed by atoms with van der Waals surface area (Å²) in [6.07, 6.45) is 3.27. The normalized spacial score (nSPS) is 18.5. The first-order chi connectivity index (χ1) is 8.65. The molecular weight excluding hydrogens is 228 g/mol. The Labute approximate surface area is 105 Å². The van der Waals surface area contributed by atoms with E-state index in [-0.39, 0.29) is 0 Å². The highest BCUT2D eigenvalue weighted by Gasteiger charge is 2.28. The Hall–Kier alpha value is -2.10. The van der Waals surface area contributed by atoms with Gasteiger partial charge in [-0.05, 0) is 31.5 Å². The van der Waals surface area contributed by atoms with E-state index in [9.17, 15) is 9.59 Å². The van der Waals surface area contributed by atoms with Gasteiger partial charge >= 0.3 is 0 Å². The third-order valence-electron chi connectivity index (χ3n) is 3.50. The largest absolute Gasteiger partial charge is 0.367 e. The van der Waals surface area contributed by atoms with E-state index in [0.29, 0.717) is 11.3 Å². The molecule has 2 aliphatic heterocycles. The SMILES string of the molecule is CC1=CCN(c2ccc3c(c2)NC(=O)C3=O)CC1. The number of carbonyl (C=O) groups is 2. The zero-order valence-corrected chi connectivity index (χ0v) is 10.2. The summed E-state index contributed by atoms with van der Waals surface area (Å²) < 4.78 is 0. The van der Waals surface area contributed by atoms with Gasteiger partial charge in [0, 0.05) is 18.8 Å². The van der Waals surface area contributed by atoms with Gasteiger partial charge in [-0.1, -0.05) is 11.6 Å². The van der Waals surface area contributed by atoms with Gasteiger partial charge in [0.05, 0.1) is 11.3 Å². The Balaban J connectivity index is 1.90. The summed E-state index contributed by atoms with van der Waals surface area (Å²) in [5, 5.41) is 2.60. The van der Waals surface area contributed by atoms with Crippen LogP contribution in [0, 0.1) is 0 Å². The summed E-state index contributed by atoms with van der Waals surface area (Å²) in [6, 6.07) is 5.52. The van der Waals surface area contributed by atoms with Crippen LogP contribution in [0.2, 0.25) is 0 Å². The molecule has 0 aliphatic carbocycles. The molecule has 0 spiro atoms. The number of nitrogens with one attached hydrogen (secondary N) is 1. The lowest BCUT2D eigenvalue weighted by atomic mass is 10.1. The minimum Gasteiger partial charge on any atom is -0.367 e. The molecule has 92 valence electrons. The molecule has 0 saturated carbocycles. The summed E-state index contributed by atoms with van der Waals surface area (Å²) >= 11 is 0. The summed E-state index contributed by atoms with van der Waals surface area (Å²) in [7, 11) is 0. The fourth-order valence-corrected chi connectivity index (χ4v) is 2.34. The predicted octanol–water partition coefficient (Wildman–Crippen LogP) is 1.98. The van der Waals surface area contributed by atoms with Crippen molar-refractivity contribution in [3.05, 3.63) is 35.4 Å². The molecule has 0 aromatic heterocycles. The summed E-state index contributed by atoms with van der Waals surface area (Å²) in [5.74, 6) is -0.970. The van der Waals surface area contributed by atoms with Crippen LogP contribution >= 0.6 is 0 Å². The van der Waals surface area contributed by atoms with Gasteiger partial charge in [0.25, 0.3) is 11.7 Å². The molecule has 0 fully saturated rings. The number of fused-ring (bicyclic) bond motifs is 1. The molecule has 2 aliphatic rings. The number of ketones is 1. The Kier molecular flexibility index (Phi) is 2.44. The first-order valence-electron chi connectivity index (χ1n) is 6.05. The van der Waals surface area contributed by atoms with Crippen LogP contribution in [0.1, 0.15) is 23.7 Å². The van der Waals surface area contributed by atoms with Crippen LogP contribution in [0.15, 0.2) is 29.8 Å². The van der Waals surface area contributed by atoms with Gasteiger partial charge in [0.1, 0.15) is 0 Å². The van der Waals surface area contributed by atoms with E-state index in [1.807, 2.05) is 12.1 Å². The average Bonchev–Trinajstić information content (AvgIpc) is 2.65. The monoisotopic (exact) mass is 242 g/mol. The molecule has 4 nitrogen and oxygen atoms in total. The van der Waals surface area contributed by atoms with Crippen molar-refractivity contribution in [1.29, 1.82) is 0 Å². The smallest absolute Gasteiger partial charge is 0.296 e. The van der Waals surface area contributed by atoms with E-state index < -0.39 is 11.7 Å². The lowest BCUT2D eigenvalue weighted by molar-refractivity contribution is -0.112. The topological polar surface area (TPSA) is 49.4 Å². The third-order valence-corrected chi connectivity index (χ3v) is 3.50. The standard InChI is InChI=1S/C14H14N2O2/c1-9-4-6-16(7-5-9)10-2-3-11-12(8-10)15-14(18)13(11)17/h2-4,8H,5-7H2,1H3,(H,15,17,18). The number of benzene rings is 1. The van der Waals surface area contributed by atoms with Crippen molar-refractivity contribution in [3.63, 3.8) is 0 Å². The van der Waals surface area contributed by atoms with E-state index in [2.05, 4.69) is 23.2 Å². The molecule has 0 unspecified atom stereocenters. The molecule has 1 aromatic carbocycles. The number of hydrogen-bond acceptors (Lipinski definition) is 3. The summed E-state index contributed by atoms with van der Waals surface area (Å²) in [4.78, 5) is 25.0. The van der Waals surface area contributed by atoms with Crippen molar-refractivity contribution in [2.24, 2.45) is 0 Å². The Morgan fingerprint density at radius 1 is 1.28 bits per heavy atom. The Morgan fingerprint density at radius 3 is 2.83 bits per heavy atom. The molecule has 0 bridgehead atoms. The predicted molar refractivity (Wildman–Crippen MR) is 70.0 cm³/mol. The number of anilines is 2. The van der Waals surface area contributed by atoms with Gasteiger partial charge in [0.15, 0.2) is 0 Å². The maximum absolute atomic E-state index is 11.5. The van der Waals surface area contributed by atoms with Gasteiger partial charge in [0.2, 0.25) is 0 Å². The van der Waals surface area contributed by atoms with Crippen molar-refractivity contribution in [1.82, 2.24) is 0 Å². The van der Waals surface area contributed by atoms with Crippen LogP contribution in [0.5, 0.6) is 0 Å². The summed E-state index contributed by atoms with van der Waals surface area (Å²) in [6.45, 7) is 3.99. The van der Waals surface area contributed by atoms with E-state index >= 15 is 0 Å². The van der Waals surface area contributed by atoms with Crippen molar-refractivity contribution < 1.29 is 9.59 Å². The molecular formula is C14H14N2O2. The van der Waals surface area contributed by atoms with Crippen LogP contribution in [0.4, 0.5) is 11.4 Å². The van der Waals surface area contributed by atoms with Gasteiger partial charge in [-0.3, -0.25) is 9.59 Å². The third kappa shape index (κ3) is 1.70. The number of hydrogen-bond donors (Lipinski definition) is 1. The van der Waals surface area contributed by atoms with Gasteiger partial charge < -0.3 is 10.2 Å². The fourth-order valence-electron chi connectivity index (χ4n) is 2.34. The maximum Gasteiger partial charge on any atom is 0.296 e. The molecule has 1 N–H and O–H groups in total. The second-order valence-corrected chi connectivity index (χ2v) is 4.76. The van der Waals surface area contributed by atoms with E-state index in [1.54, 1.807) is 6.07 Å². The molecule has 18 heavy (non-hydrogen) atoms. The highest BCUT2D eigenvalue weighted by Crippen LogP contribution is 2.29. The van der Waals surface area contributed by atoms with E-state index in [0.717, 1.165) is 25.2 Å². The first kappa shape index (κ1) is 11.0. The molecule has 1 aromatic rings. The van der Waals surface area contributed by atoms with Crippen molar-refractivity contribution in [2.75, 3.05) is 23.3 Å². The van der Waals surface area contributed by atoms with Gasteiger partial charge in [-0.15, -0.1) is 0 Å². The molecule has 0 radical (unpaired) electrons. The second kappa shape index (κ2) is 3.98. The average molecular weight is 242 g/mol. The van der Waals surface area contributed by atoms with Crippen molar-refractivity contribution in [3.8, 4) is 0 Å². The van der Waals surface area contributed by atoms with Gasteiger partial charge in [-0.25, -0.2) is 0 Å². The molecule has 4 heteroatoms. The van der Waals surface area contributed by atoms with E-state index in [1.165, 1.54) is 5.57 Å². The molecule has 0 atom stereocenters. The van der Waals surface area contributed by atoms with Crippen LogP contribution in [0.3, 0.4) is 0 Å². The minimum absolute atomic E-state index is 0.439. The van der Waals surface area contributed by atoms with Crippen LogP contribution in [0.25, 0.3) is 0 Å². The zero-order chi connectivity index (χ0) is 12.7. The number of amides is 1. The van der Waals surface area contributed by atoms with Crippen LogP contribution in [-0.4, -0.2) is 24.8 Å². The lowest BCUT2D eigenvalue weighted by Gasteiger charge is -2.27. The molecule has 0 saturated heterocycles. The minimum atomic E-state index is -0.531. The number of nitrogens with zero attached hydrogens (tertiary/aromatic N) is 1. The quantitative estimate of drug-likeness (QED) is 0.605. The molecule has 1 amide bonds. The second-order valence-electron chi connectivity index (χ2n) is 4.76. The molecule has 3 rings (SSSR count). The fraction of sp³-hybridized carbons (Fsp3) is 0.286. The maximum atomic E-state index is 11.5. The number of carbonyl (C=O) groups excluding carboxylic acids is 2. The highest BCUT2D eigenvalue weighted by molar-refractivity contribution is 6.51. The molecule has 2 heterocycles. The Bertz CT molecular complexity index is 575.